The average molecular weight is 164 g/mol. The van der Waals surface area contributed by atoms with Crippen LogP contribution in [0.15, 0.2) is 10.2 Å². The van der Waals surface area contributed by atoms with E-state index in [2.05, 4.69) is 10.2 Å². The lowest BCUT2D eigenvalue weighted by Gasteiger charge is -2.00. The summed E-state index contributed by atoms with van der Waals surface area (Å²) in [6, 6.07) is 3.89. The van der Waals surface area contributed by atoms with Crippen LogP contribution in [0.2, 0.25) is 0 Å². The molecule has 4 nitrogen and oxygen atoms in total. The van der Waals surface area contributed by atoms with Crippen molar-refractivity contribution in [1.29, 1.82) is 10.5 Å². The molecular weight excluding hydrogens is 152 g/mol. The fraction of sp³-hybridized carbons (Fsp3) is 0.750. The molecule has 0 fully saturated rings. The lowest BCUT2D eigenvalue weighted by Crippen LogP contribution is -1.99. The zero-order valence-corrected chi connectivity index (χ0v) is 7.36. The van der Waals surface area contributed by atoms with Gasteiger partial charge in [0.1, 0.15) is 0 Å². The maximum Gasteiger partial charge on any atom is 0.0809 e. The number of hydrogen-bond acceptors (Lipinski definition) is 4. The van der Waals surface area contributed by atoms with Gasteiger partial charge >= 0.3 is 0 Å². The third-order valence-electron chi connectivity index (χ3n) is 1.23. The summed E-state index contributed by atoms with van der Waals surface area (Å²) in [7, 11) is 0. The topological polar surface area (TPSA) is 72.3 Å². The highest BCUT2D eigenvalue weighted by atomic mass is 15.1. The van der Waals surface area contributed by atoms with Gasteiger partial charge in [-0.05, 0) is 13.8 Å². The summed E-state index contributed by atoms with van der Waals surface area (Å²) in [5, 5.41) is 24.4. The zero-order chi connectivity index (χ0) is 9.40. The Bertz CT molecular complexity index is 196. The molecule has 0 amide bonds. The second-order valence-electron chi connectivity index (χ2n) is 2.65. The molecule has 0 N–H and O–H groups in total. The molecule has 0 saturated carbocycles. The monoisotopic (exact) mass is 164 g/mol. The maximum atomic E-state index is 8.30. The molecule has 0 aliphatic rings. The highest BCUT2D eigenvalue weighted by molar-refractivity contribution is 4.79. The second kappa shape index (κ2) is 6.30. The van der Waals surface area contributed by atoms with E-state index in [0.717, 1.165) is 0 Å². The molecule has 0 aliphatic heterocycles. The summed E-state index contributed by atoms with van der Waals surface area (Å²) >= 11 is 0. The third-order valence-corrected chi connectivity index (χ3v) is 1.23. The van der Waals surface area contributed by atoms with Gasteiger partial charge < -0.3 is 0 Å². The van der Waals surface area contributed by atoms with E-state index < -0.39 is 0 Å². The van der Waals surface area contributed by atoms with Gasteiger partial charge in [0, 0.05) is 0 Å². The predicted octanol–water partition coefficient (Wildman–Crippen LogP) is 2.04. The van der Waals surface area contributed by atoms with Crippen molar-refractivity contribution < 1.29 is 0 Å². The molecule has 0 spiro atoms. The minimum atomic E-state index is -0.0591. The number of nitrogens with zero attached hydrogens (tertiary/aromatic N) is 4. The molecule has 0 aromatic rings. The number of azo groups is 1. The Morgan fingerprint density at radius 1 is 1.00 bits per heavy atom. The molecule has 2 unspecified atom stereocenters. The number of rotatable bonds is 4. The third kappa shape index (κ3) is 5.37. The van der Waals surface area contributed by atoms with Crippen molar-refractivity contribution in [2.24, 2.45) is 10.2 Å². The molecule has 0 radical (unpaired) electrons. The van der Waals surface area contributed by atoms with Crippen LogP contribution in [0.5, 0.6) is 0 Å². The van der Waals surface area contributed by atoms with Crippen molar-refractivity contribution in [2.45, 2.75) is 38.8 Å². The predicted molar refractivity (Wildman–Crippen MR) is 44.2 cm³/mol. The highest BCUT2D eigenvalue weighted by Gasteiger charge is 1.99. The van der Waals surface area contributed by atoms with Crippen LogP contribution in [0, 0.1) is 22.7 Å². The van der Waals surface area contributed by atoms with Gasteiger partial charge in [0.15, 0.2) is 0 Å². The van der Waals surface area contributed by atoms with Crippen LogP contribution < -0.4 is 0 Å². The van der Waals surface area contributed by atoms with Gasteiger partial charge in [0.2, 0.25) is 0 Å². The molecule has 0 saturated heterocycles. The Kier molecular flexibility index (Phi) is 5.55. The Labute approximate surface area is 72.5 Å². The van der Waals surface area contributed by atoms with Crippen LogP contribution in [0.1, 0.15) is 26.7 Å². The van der Waals surface area contributed by atoms with Crippen molar-refractivity contribution in [3.05, 3.63) is 0 Å². The van der Waals surface area contributed by atoms with E-state index in [4.69, 9.17) is 10.5 Å². The Morgan fingerprint density at radius 3 is 1.58 bits per heavy atom. The molecule has 0 heterocycles. The first-order valence-corrected chi connectivity index (χ1v) is 3.84. The average Bonchev–Trinajstić information content (AvgIpc) is 2.02. The van der Waals surface area contributed by atoms with Crippen molar-refractivity contribution in [3.63, 3.8) is 0 Å². The zero-order valence-electron chi connectivity index (χ0n) is 7.36. The summed E-state index contributed by atoms with van der Waals surface area (Å²) in [5.74, 6) is 0. The van der Waals surface area contributed by atoms with E-state index in [-0.39, 0.29) is 12.1 Å². The van der Waals surface area contributed by atoms with Crippen LogP contribution in [0.25, 0.3) is 0 Å². The lowest BCUT2D eigenvalue weighted by atomic mass is 10.3. The fourth-order valence-electron chi connectivity index (χ4n) is 0.573. The van der Waals surface area contributed by atoms with Crippen LogP contribution in [-0.2, 0) is 0 Å². The molecule has 0 rings (SSSR count). The Balaban J connectivity index is 3.75. The first kappa shape index (κ1) is 10.6. The summed E-state index contributed by atoms with van der Waals surface area (Å²) in [6.07, 6.45) is 0.756. The lowest BCUT2D eigenvalue weighted by molar-refractivity contribution is 0.631. The van der Waals surface area contributed by atoms with Gasteiger partial charge in [-0.3, -0.25) is 0 Å². The quantitative estimate of drug-likeness (QED) is 0.596. The van der Waals surface area contributed by atoms with E-state index in [0.29, 0.717) is 12.8 Å². The standard InChI is InChI=1S/C8H12N4/c1-7(3-5-9)11-12-8(2)4-6-10/h7-8H,3-4H2,1-2H3. The van der Waals surface area contributed by atoms with Crippen LogP contribution in [0.3, 0.4) is 0 Å². The minimum Gasteiger partial charge on any atom is -0.198 e. The normalized spacial score (nSPS) is 15.0. The van der Waals surface area contributed by atoms with E-state index >= 15 is 0 Å². The SMILES string of the molecule is CC(CC#N)N=NC(C)CC#N. The van der Waals surface area contributed by atoms with Gasteiger partial charge in [-0.15, -0.1) is 0 Å². The minimum absolute atomic E-state index is 0.0591. The van der Waals surface area contributed by atoms with E-state index in [9.17, 15) is 0 Å². The van der Waals surface area contributed by atoms with Crippen LogP contribution in [0.4, 0.5) is 0 Å². The van der Waals surface area contributed by atoms with Gasteiger partial charge in [-0.25, -0.2) is 0 Å². The second-order valence-corrected chi connectivity index (χ2v) is 2.65. The van der Waals surface area contributed by atoms with Crippen molar-refractivity contribution in [1.82, 2.24) is 0 Å². The first-order chi connectivity index (χ1) is 5.70. The maximum absolute atomic E-state index is 8.30. The van der Waals surface area contributed by atoms with E-state index in [1.54, 1.807) is 0 Å². The van der Waals surface area contributed by atoms with Gasteiger partial charge in [-0.1, -0.05) is 0 Å². The van der Waals surface area contributed by atoms with Crippen molar-refractivity contribution in [3.8, 4) is 12.1 Å². The molecule has 0 aliphatic carbocycles. The van der Waals surface area contributed by atoms with Crippen molar-refractivity contribution >= 4 is 0 Å². The number of nitriles is 2. The molecule has 12 heavy (non-hydrogen) atoms. The molecule has 2 atom stereocenters. The molecule has 4 heteroatoms. The number of hydrogen-bond donors (Lipinski definition) is 0. The smallest absolute Gasteiger partial charge is 0.0809 e. The van der Waals surface area contributed by atoms with Crippen molar-refractivity contribution in [2.75, 3.05) is 0 Å². The van der Waals surface area contributed by atoms with Gasteiger partial charge in [-0.2, -0.15) is 20.8 Å². The molecule has 0 aromatic heterocycles. The summed E-state index contributed by atoms with van der Waals surface area (Å²) in [6.45, 7) is 3.65. The Morgan fingerprint density at radius 2 is 1.33 bits per heavy atom. The van der Waals surface area contributed by atoms with Gasteiger partial charge in [0.05, 0.1) is 37.1 Å². The first-order valence-electron chi connectivity index (χ1n) is 3.84. The highest BCUT2D eigenvalue weighted by Crippen LogP contribution is 2.01. The van der Waals surface area contributed by atoms with E-state index in [1.807, 2.05) is 26.0 Å². The van der Waals surface area contributed by atoms with E-state index in [1.165, 1.54) is 0 Å². The van der Waals surface area contributed by atoms with Gasteiger partial charge in [0.25, 0.3) is 0 Å². The molecule has 0 bridgehead atoms. The largest absolute Gasteiger partial charge is 0.198 e. The summed E-state index contributed by atoms with van der Waals surface area (Å²) < 4.78 is 0. The summed E-state index contributed by atoms with van der Waals surface area (Å²) in [4.78, 5) is 0. The molecule has 64 valence electrons. The Hall–Kier alpha value is -1.42. The molecule has 0 aromatic carbocycles. The van der Waals surface area contributed by atoms with Crippen LogP contribution in [-0.4, -0.2) is 12.1 Å². The fourth-order valence-corrected chi connectivity index (χ4v) is 0.573. The summed E-state index contributed by atoms with van der Waals surface area (Å²) in [5.41, 5.74) is 0. The molecular formula is C8H12N4. The van der Waals surface area contributed by atoms with Crippen LogP contribution >= 0.6 is 0 Å².